The van der Waals surface area contributed by atoms with Crippen molar-refractivity contribution < 1.29 is 14.3 Å². The molecule has 3 rings (SSSR count). The van der Waals surface area contributed by atoms with Gasteiger partial charge in [-0.3, -0.25) is 9.59 Å². The zero-order valence-corrected chi connectivity index (χ0v) is 16.3. The first-order valence-corrected chi connectivity index (χ1v) is 10.4. The molecule has 0 bridgehead atoms. The number of rotatable bonds is 8. The van der Waals surface area contributed by atoms with Gasteiger partial charge in [0.05, 0.1) is 6.54 Å². The van der Waals surface area contributed by atoms with Gasteiger partial charge in [-0.1, -0.05) is 24.6 Å². The molecular weight excluding hydrogens is 360 g/mol. The summed E-state index contributed by atoms with van der Waals surface area (Å²) in [6.45, 7) is 2.33. The van der Waals surface area contributed by atoms with Gasteiger partial charge in [0.25, 0.3) is 0 Å². The van der Waals surface area contributed by atoms with E-state index in [0.717, 1.165) is 42.0 Å². The first-order valence-electron chi connectivity index (χ1n) is 9.49. The number of carbonyl (C=O) groups excluding carboxylic acids is 2. The molecule has 0 spiro atoms. The summed E-state index contributed by atoms with van der Waals surface area (Å²) in [7, 11) is 0. The van der Waals surface area contributed by atoms with Gasteiger partial charge in [0.15, 0.2) is 0 Å². The van der Waals surface area contributed by atoms with Crippen LogP contribution in [0.1, 0.15) is 42.5 Å². The topological polar surface area (TPSA) is 58.6 Å². The SMILES string of the molecule is O=C(CCN1CCCCCC1=O)NCc1cc(COc2ccccc2)cs1. The maximum absolute atomic E-state index is 12.1. The average Bonchev–Trinajstić information content (AvgIpc) is 3.05. The summed E-state index contributed by atoms with van der Waals surface area (Å²) >= 11 is 1.62. The standard InChI is InChI=1S/C21H26N2O3S/c24-20(10-12-23-11-6-2-5-9-21(23)25)22-14-19-13-17(16-27-19)15-26-18-7-3-1-4-8-18/h1,3-4,7-8,13,16H,2,5-6,9-12,14-15H2,(H,22,24). The molecule has 144 valence electrons. The minimum atomic E-state index is -0.0115. The summed E-state index contributed by atoms with van der Waals surface area (Å²) in [6.07, 6.45) is 4.08. The second-order valence-electron chi connectivity index (χ2n) is 6.74. The molecule has 1 aliphatic rings. The fraction of sp³-hybridized carbons (Fsp3) is 0.429. The highest BCUT2D eigenvalue weighted by atomic mass is 32.1. The lowest BCUT2D eigenvalue weighted by Crippen LogP contribution is -2.34. The van der Waals surface area contributed by atoms with Gasteiger partial charge in [0, 0.05) is 36.4 Å². The molecule has 1 saturated heterocycles. The van der Waals surface area contributed by atoms with Crippen molar-refractivity contribution >= 4 is 23.2 Å². The molecule has 1 N–H and O–H groups in total. The molecule has 0 unspecified atom stereocenters. The van der Waals surface area contributed by atoms with Gasteiger partial charge in [0.2, 0.25) is 11.8 Å². The lowest BCUT2D eigenvalue weighted by Gasteiger charge is -2.19. The Morgan fingerprint density at radius 2 is 2.04 bits per heavy atom. The molecule has 0 saturated carbocycles. The number of ether oxygens (including phenoxy) is 1. The lowest BCUT2D eigenvalue weighted by molar-refractivity contribution is -0.131. The van der Waals surface area contributed by atoms with E-state index in [4.69, 9.17) is 4.74 Å². The number of carbonyl (C=O) groups is 2. The molecule has 2 heterocycles. The molecule has 27 heavy (non-hydrogen) atoms. The van der Waals surface area contributed by atoms with Crippen LogP contribution in [-0.2, 0) is 22.7 Å². The highest BCUT2D eigenvalue weighted by Gasteiger charge is 2.17. The summed E-state index contributed by atoms with van der Waals surface area (Å²) in [4.78, 5) is 27.0. The van der Waals surface area contributed by atoms with Gasteiger partial charge in [-0.05, 0) is 36.4 Å². The average molecular weight is 387 g/mol. The number of thiophene rings is 1. The van der Waals surface area contributed by atoms with Gasteiger partial charge in [-0.25, -0.2) is 0 Å². The van der Waals surface area contributed by atoms with Gasteiger partial charge in [-0.15, -0.1) is 11.3 Å². The molecular formula is C21H26N2O3S. The van der Waals surface area contributed by atoms with Gasteiger partial charge in [-0.2, -0.15) is 0 Å². The molecule has 2 aromatic rings. The summed E-state index contributed by atoms with van der Waals surface area (Å²) in [5, 5.41) is 5.00. The predicted octanol–water partition coefficient (Wildman–Crippen LogP) is 3.74. The van der Waals surface area contributed by atoms with Crippen LogP contribution in [0, 0.1) is 0 Å². The van der Waals surface area contributed by atoms with Crippen LogP contribution >= 0.6 is 11.3 Å². The van der Waals surface area contributed by atoms with Crippen LogP contribution in [0.25, 0.3) is 0 Å². The van der Waals surface area contributed by atoms with Crippen LogP contribution in [0.15, 0.2) is 41.8 Å². The van der Waals surface area contributed by atoms with Crippen LogP contribution in [0.2, 0.25) is 0 Å². The quantitative estimate of drug-likeness (QED) is 0.752. The van der Waals surface area contributed by atoms with Crippen LogP contribution in [0.4, 0.5) is 0 Å². The molecule has 1 aromatic carbocycles. The zero-order valence-electron chi connectivity index (χ0n) is 15.5. The van der Waals surface area contributed by atoms with Crippen LogP contribution in [-0.4, -0.2) is 29.8 Å². The molecule has 0 aliphatic carbocycles. The van der Waals surface area contributed by atoms with E-state index in [-0.39, 0.29) is 11.8 Å². The second kappa shape index (κ2) is 10.1. The molecule has 1 aromatic heterocycles. The van der Waals surface area contributed by atoms with Crippen molar-refractivity contribution in [2.75, 3.05) is 13.1 Å². The minimum Gasteiger partial charge on any atom is -0.489 e. The number of hydrogen-bond acceptors (Lipinski definition) is 4. The number of para-hydroxylation sites is 1. The third-order valence-corrected chi connectivity index (χ3v) is 5.58. The number of amides is 2. The van der Waals surface area contributed by atoms with Crippen molar-refractivity contribution in [3.05, 3.63) is 52.2 Å². The lowest BCUT2D eigenvalue weighted by atomic mass is 10.2. The van der Waals surface area contributed by atoms with E-state index in [1.807, 2.05) is 35.2 Å². The van der Waals surface area contributed by atoms with E-state index in [2.05, 4.69) is 16.8 Å². The first kappa shape index (κ1) is 19.4. The summed E-state index contributed by atoms with van der Waals surface area (Å²) in [6, 6.07) is 11.8. The Kier molecular flexibility index (Phi) is 7.27. The molecule has 1 aliphatic heterocycles. The number of benzene rings is 1. The van der Waals surface area contributed by atoms with Crippen molar-refractivity contribution in [2.45, 2.75) is 45.3 Å². The van der Waals surface area contributed by atoms with E-state index in [1.54, 1.807) is 11.3 Å². The molecule has 6 heteroatoms. The molecule has 0 radical (unpaired) electrons. The highest BCUT2D eigenvalue weighted by molar-refractivity contribution is 7.10. The van der Waals surface area contributed by atoms with E-state index >= 15 is 0 Å². The second-order valence-corrected chi connectivity index (χ2v) is 7.74. The Balaban J connectivity index is 1.37. The van der Waals surface area contributed by atoms with Crippen LogP contribution in [0.5, 0.6) is 5.75 Å². The Morgan fingerprint density at radius 1 is 1.19 bits per heavy atom. The highest BCUT2D eigenvalue weighted by Crippen LogP contribution is 2.18. The third-order valence-electron chi connectivity index (χ3n) is 4.60. The van der Waals surface area contributed by atoms with Gasteiger partial charge < -0.3 is 15.0 Å². The maximum atomic E-state index is 12.1. The van der Waals surface area contributed by atoms with E-state index in [9.17, 15) is 9.59 Å². The molecule has 0 atom stereocenters. The van der Waals surface area contributed by atoms with Crippen molar-refractivity contribution in [3.8, 4) is 5.75 Å². The largest absolute Gasteiger partial charge is 0.489 e. The Morgan fingerprint density at radius 3 is 2.89 bits per heavy atom. The fourth-order valence-electron chi connectivity index (χ4n) is 3.06. The molecule has 2 amide bonds. The first-order chi connectivity index (χ1) is 13.2. The number of hydrogen-bond donors (Lipinski definition) is 1. The van der Waals surface area contributed by atoms with Gasteiger partial charge >= 0.3 is 0 Å². The monoisotopic (exact) mass is 386 g/mol. The third kappa shape index (κ3) is 6.40. The van der Waals surface area contributed by atoms with Crippen molar-refractivity contribution in [1.82, 2.24) is 10.2 Å². The Labute approximate surface area is 164 Å². The summed E-state index contributed by atoms with van der Waals surface area (Å²) < 4.78 is 5.74. The van der Waals surface area contributed by atoms with Crippen LogP contribution in [0.3, 0.4) is 0 Å². The zero-order chi connectivity index (χ0) is 18.9. The minimum absolute atomic E-state index is 0.0115. The Bertz CT molecular complexity index is 745. The molecule has 1 fully saturated rings. The van der Waals surface area contributed by atoms with E-state index in [0.29, 0.717) is 32.5 Å². The maximum Gasteiger partial charge on any atom is 0.222 e. The normalized spacial score (nSPS) is 14.7. The van der Waals surface area contributed by atoms with E-state index < -0.39 is 0 Å². The molecule has 5 nitrogen and oxygen atoms in total. The number of nitrogens with zero attached hydrogens (tertiary/aromatic N) is 1. The van der Waals surface area contributed by atoms with Crippen LogP contribution < -0.4 is 10.1 Å². The predicted molar refractivity (Wildman–Crippen MR) is 107 cm³/mol. The van der Waals surface area contributed by atoms with Crippen molar-refractivity contribution in [2.24, 2.45) is 0 Å². The fourth-order valence-corrected chi connectivity index (χ4v) is 3.88. The summed E-state index contributed by atoms with van der Waals surface area (Å²) in [5.41, 5.74) is 1.10. The number of likely N-dealkylation sites (tertiary alicyclic amines) is 1. The smallest absolute Gasteiger partial charge is 0.222 e. The van der Waals surface area contributed by atoms with Crippen molar-refractivity contribution in [1.29, 1.82) is 0 Å². The number of nitrogens with one attached hydrogen (secondary N) is 1. The van der Waals surface area contributed by atoms with E-state index in [1.165, 1.54) is 0 Å². The van der Waals surface area contributed by atoms with Gasteiger partial charge in [0.1, 0.15) is 12.4 Å². The Hall–Kier alpha value is -2.34. The van der Waals surface area contributed by atoms with Crippen molar-refractivity contribution in [3.63, 3.8) is 0 Å². The summed E-state index contributed by atoms with van der Waals surface area (Å²) in [5.74, 6) is 1.02.